The molecular weight excluding hydrogens is 529 g/mol. The molecule has 0 saturated carbocycles. The van der Waals surface area contributed by atoms with Crippen molar-refractivity contribution in [2.45, 2.75) is 40.3 Å². The number of hydrogen-bond donors (Lipinski definition) is 3. The van der Waals surface area contributed by atoms with Crippen molar-refractivity contribution in [2.75, 3.05) is 13.1 Å². The predicted molar refractivity (Wildman–Crippen MR) is 143 cm³/mol. The van der Waals surface area contributed by atoms with Crippen molar-refractivity contribution in [3.63, 3.8) is 0 Å². The van der Waals surface area contributed by atoms with Gasteiger partial charge in [0.05, 0.1) is 18.8 Å². The predicted octanol–water partition coefficient (Wildman–Crippen LogP) is 4.66. The van der Waals surface area contributed by atoms with Crippen molar-refractivity contribution in [1.82, 2.24) is 20.9 Å². The lowest BCUT2D eigenvalue weighted by Gasteiger charge is -2.10. The minimum absolute atomic E-state index is 0. The van der Waals surface area contributed by atoms with E-state index < -0.39 is 0 Å². The molecule has 0 aliphatic carbocycles. The van der Waals surface area contributed by atoms with E-state index in [2.05, 4.69) is 25.9 Å². The Kier molecular flexibility index (Phi) is 10.9. The van der Waals surface area contributed by atoms with Crippen LogP contribution in [0.25, 0.3) is 11.5 Å². The number of halogens is 1. The minimum Gasteiger partial charge on any atom is -0.444 e. The molecule has 0 spiro atoms. The summed E-state index contributed by atoms with van der Waals surface area (Å²) in [5, 5.41) is 9.42. The summed E-state index contributed by atoms with van der Waals surface area (Å²) in [5.41, 5.74) is 4.55. The zero-order chi connectivity index (χ0) is 22.8. The number of oxazole rings is 1. The Morgan fingerprint density at radius 2 is 1.85 bits per heavy atom. The Morgan fingerprint density at radius 1 is 1.06 bits per heavy atom. The molecule has 1 amide bonds. The zero-order valence-corrected chi connectivity index (χ0v) is 21.7. The van der Waals surface area contributed by atoms with Crippen LogP contribution in [0.2, 0.25) is 0 Å². The third-order valence-corrected chi connectivity index (χ3v) is 4.78. The van der Waals surface area contributed by atoms with Crippen LogP contribution in [0.3, 0.4) is 0 Å². The fraction of sp³-hybridized carbons (Fsp3) is 0.320. The number of nitrogens with one attached hydrogen (secondary N) is 3. The smallest absolute Gasteiger partial charge is 0.251 e. The van der Waals surface area contributed by atoms with Gasteiger partial charge in [0.1, 0.15) is 6.26 Å². The fourth-order valence-corrected chi connectivity index (χ4v) is 3.05. The Bertz CT molecular complexity index is 1050. The van der Waals surface area contributed by atoms with Gasteiger partial charge in [-0.05, 0) is 50.1 Å². The maximum Gasteiger partial charge on any atom is 0.251 e. The zero-order valence-electron chi connectivity index (χ0n) is 19.4. The molecule has 0 aliphatic rings. The first kappa shape index (κ1) is 26.4. The van der Waals surface area contributed by atoms with Gasteiger partial charge >= 0.3 is 0 Å². The first-order chi connectivity index (χ1) is 15.6. The molecule has 0 bridgehead atoms. The van der Waals surface area contributed by atoms with Crippen molar-refractivity contribution >= 4 is 35.8 Å². The molecule has 3 rings (SSSR count). The summed E-state index contributed by atoms with van der Waals surface area (Å²) >= 11 is 0. The Balaban J connectivity index is 0.00000385. The highest BCUT2D eigenvalue weighted by Crippen LogP contribution is 2.19. The maximum atomic E-state index is 12.2. The van der Waals surface area contributed by atoms with Crippen LogP contribution in [-0.4, -0.2) is 29.9 Å². The molecule has 2 aromatic carbocycles. The van der Waals surface area contributed by atoms with Crippen molar-refractivity contribution < 1.29 is 9.21 Å². The van der Waals surface area contributed by atoms with E-state index in [4.69, 9.17) is 4.42 Å². The molecule has 0 saturated heterocycles. The highest BCUT2D eigenvalue weighted by Gasteiger charge is 2.08. The number of rotatable bonds is 9. The molecule has 176 valence electrons. The molecule has 3 N–H and O–H groups in total. The summed E-state index contributed by atoms with van der Waals surface area (Å²) in [6.45, 7) is 8.44. The average molecular weight is 561 g/mol. The molecular formula is C25H32IN5O2. The highest BCUT2D eigenvalue weighted by molar-refractivity contribution is 14.0. The minimum atomic E-state index is -0.0573. The lowest BCUT2D eigenvalue weighted by molar-refractivity contribution is 0.0953. The summed E-state index contributed by atoms with van der Waals surface area (Å²) in [6, 6.07) is 15.6. The Labute approximate surface area is 212 Å². The summed E-state index contributed by atoms with van der Waals surface area (Å²) in [6.07, 6.45) is 2.57. The first-order valence-corrected chi connectivity index (χ1v) is 11.0. The van der Waals surface area contributed by atoms with Crippen molar-refractivity contribution in [1.29, 1.82) is 0 Å². The second kappa shape index (κ2) is 13.6. The Morgan fingerprint density at radius 3 is 2.58 bits per heavy atom. The quantitative estimate of drug-likeness (QED) is 0.201. The normalized spacial score (nSPS) is 10.9. The number of amides is 1. The third-order valence-electron chi connectivity index (χ3n) is 4.78. The topological polar surface area (TPSA) is 91.5 Å². The van der Waals surface area contributed by atoms with Gasteiger partial charge in [0.25, 0.3) is 5.91 Å². The summed E-state index contributed by atoms with van der Waals surface area (Å²) in [4.78, 5) is 21.4. The maximum absolute atomic E-state index is 12.2. The summed E-state index contributed by atoms with van der Waals surface area (Å²) < 4.78 is 5.63. The van der Waals surface area contributed by atoms with Gasteiger partial charge in [-0.3, -0.25) is 4.79 Å². The number of carbonyl (C=O) groups is 1. The highest BCUT2D eigenvalue weighted by atomic mass is 127. The largest absolute Gasteiger partial charge is 0.444 e. The van der Waals surface area contributed by atoms with E-state index in [0.717, 1.165) is 29.8 Å². The molecule has 0 unspecified atom stereocenters. The number of nitrogens with zero attached hydrogens (tertiary/aromatic N) is 2. The van der Waals surface area contributed by atoms with Crippen LogP contribution in [-0.2, 0) is 13.1 Å². The molecule has 1 aromatic heterocycles. The van der Waals surface area contributed by atoms with Crippen LogP contribution in [0.5, 0.6) is 0 Å². The number of aryl methyl sites for hydroxylation is 1. The van der Waals surface area contributed by atoms with Crippen molar-refractivity contribution in [3.05, 3.63) is 77.2 Å². The van der Waals surface area contributed by atoms with Gasteiger partial charge in [-0.1, -0.05) is 36.8 Å². The lowest BCUT2D eigenvalue weighted by Crippen LogP contribution is -2.36. The number of aromatic nitrogens is 1. The van der Waals surface area contributed by atoms with Gasteiger partial charge in [-0.15, -0.1) is 24.0 Å². The van der Waals surface area contributed by atoms with Crippen LogP contribution in [0.1, 0.15) is 47.4 Å². The molecule has 0 aliphatic heterocycles. The van der Waals surface area contributed by atoms with E-state index in [1.54, 1.807) is 6.26 Å². The van der Waals surface area contributed by atoms with E-state index >= 15 is 0 Å². The van der Waals surface area contributed by atoms with E-state index in [1.807, 2.05) is 69.3 Å². The van der Waals surface area contributed by atoms with Gasteiger partial charge < -0.3 is 20.4 Å². The molecule has 7 nitrogen and oxygen atoms in total. The van der Waals surface area contributed by atoms with Crippen LogP contribution in [0.15, 0.2) is 64.2 Å². The standard InChI is InChI=1S/C25H31N5O2.HI/c1-4-13-27-23(31)21-8-6-7-19(14-21)15-28-25(26-5-2)29-16-22-17-32-24(30-22)20-11-9-18(3)10-12-20;/h6-12,14,17H,4-5,13,15-16H2,1-3H3,(H,27,31)(H2,26,28,29);1H. The van der Waals surface area contributed by atoms with Crippen molar-refractivity contribution in [3.8, 4) is 11.5 Å². The van der Waals surface area contributed by atoms with Crippen LogP contribution in [0, 0.1) is 6.92 Å². The second-order valence-corrected chi connectivity index (χ2v) is 7.52. The molecule has 0 radical (unpaired) electrons. The first-order valence-electron chi connectivity index (χ1n) is 11.0. The second-order valence-electron chi connectivity index (χ2n) is 7.52. The van der Waals surface area contributed by atoms with E-state index in [0.29, 0.717) is 37.0 Å². The third kappa shape index (κ3) is 8.20. The number of aliphatic imine (C=N–C) groups is 1. The summed E-state index contributed by atoms with van der Waals surface area (Å²) in [5.74, 6) is 1.22. The number of guanidine groups is 1. The molecule has 0 fully saturated rings. The Hall–Kier alpha value is -2.88. The van der Waals surface area contributed by atoms with Gasteiger partial charge in [-0.2, -0.15) is 0 Å². The van der Waals surface area contributed by atoms with Gasteiger partial charge in [-0.25, -0.2) is 9.98 Å². The summed E-state index contributed by atoms with van der Waals surface area (Å²) in [7, 11) is 0. The van der Waals surface area contributed by atoms with Crippen molar-refractivity contribution in [2.24, 2.45) is 4.99 Å². The van der Waals surface area contributed by atoms with E-state index in [-0.39, 0.29) is 29.9 Å². The van der Waals surface area contributed by atoms with Gasteiger partial charge in [0.2, 0.25) is 5.89 Å². The molecule has 1 heterocycles. The SMILES string of the molecule is CCCNC(=O)c1cccc(CN=C(NCC)NCc2coc(-c3ccc(C)cc3)n2)c1.I. The van der Waals surface area contributed by atoms with Gasteiger partial charge in [0, 0.05) is 24.2 Å². The van der Waals surface area contributed by atoms with Crippen LogP contribution >= 0.6 is 24.0 Å². The number of carbonyl (C=O) groups excluding carboxylic acids is 1. The average Bonchev–Trinajstić information content (AvgIpc) is 3.29. The monoisotopic (exact) mass is 561 g/mol. The van der Waals surface area contributed by atoms with Crippen LogP contribution < -0.4 is 16.0 Å². The van der Waals surface area contributed by atoms with E-state index in [9.17, 15) is 4.79 Å². The molecule has 8 heteroatoms. The van der Waals surface area contributed by atoms with Crippen LogP contribution in [0.4, 0.5) is 0 Å². The molecule has 3 aromatic rings. The van der Waals surface area contributed by atoms with E-state index in [1.165, 1.54) is 5.56 Å². The molecule has 0 atom stereocenters. The van der Waals surface area contributed by atoms with Gasteiger partial charge in [0.15, 0.2) is 5.96 Å². The fourth-order valence-electron chi connectivity index (χ4n) is 3.05. The number of benzene rings is 2. The number of hydrogen-bond acceptors (Lipinski definition) is 4. The molecule has 33 heavy (non-hydrogen) atoms. The lowest BCUT2D eigenvalue weighted by atomic mass is 10.1.